The third kappa shape index (κ3) is 2.03. The molecule has 2 bridgehead atoms. The number of ketones is 2. The highest BCUT2D eigenvalue weighted by Gasteiger charge is 2.69. The molecular weight excluding hydrogens is 372 g/mol. The summed E-state index contributed by atoms with van der Waals surface area (Å²) in [5.74, 6) is -0.779. The van der Waals surface area contributed by atoms with Crippen LogP contribution in [0.4, 0.5) is 0 Å². The standard InChI is InChI=1S/C23H20O4S/c1-13-6-10-16(11-7-13)28(26)23-15-9-8-14(12-15)20(23)21(24)17-4-3-5-18(27-2)19(17)22(23)25/h3-11,14-15,20H,12H2,1-2H3/t14-,15+,20+,23-,28?/m1/s1. The quantitative estimate of drug-likeness (QED) is 0.747. The summed E-state index contributed by atoms with van der Waals surface area (Å²) >= 11 is 0. The Kier molecular flexibility index (Phi) is 3.75. The van der Waals surface area contributed by atoms with Crippen molar-refractivity contribution in [1.29, 1.82) is 0 Å². The van der Waals surface area contributed by atoms with Crippen molar-refractivity contribution < 1.29 is 18.5 Å². The van der Waals surface area contributed by atoms with E-state index in [1.807, 2.05) is 43.3 Å². The molecular formula is C23H20O4S. The lowest BCUT2D eigenvalue weighted by Crippen LogP contribution is -2.58. The number of hydrogen-bond donors (Lipinski definition) is 0. The van der Waals surface area contributed by atoms with Crippen molar-refractivity contribution >= 4 is 22.4 Å². The van der Waals surface area contributed by atoms with Crippen LogP contribution in [0.2, 0.25) is 0 Å². The summed E-state index contributed by atoms with van der Waals surface area (Å²) in [5.41, 5.74) is 1.74. The summed E-state index contributed by atoms with van der Waals surface area (Å²) < 4.78 is 18.1. The van der Waals surface area contributed by atoms with Gasteiger partial charge in [-0.05, 0) is 37.5 Å². The fourth-order valence-corrected chi connectivity index (χ4v) is 7.24. The lowest BCUT2D eigenvalue weighted by molar-refractivity contribution is 0.0749. The van der Waals surface area contributed by atoms with E-state index in [2.05, 4.69) is 0 Å². The number of allylic oxidation sites excluding steroid dienone is 2. The maximum absolute atomic E-state index is 14.0. The van der Waals surface area contributed by atoms with Crippen LogP contribution in [0.25, 0.3) is 0 Å². The molecule has 0 saturated heterocycles. The lowest BCUT2D eigenvalue weighted by Gasteiger charge is -2.42. The summed E-state index contributed by atoms with van der Waals surface area (Å²) in [6.45, 7) is 1.96. The number of methoxy groups -OCH3 is 1. The maximum Gasteiger partial charge on any atom is 0.187 e. The van der Waals surface area contributed by atoms with E-state index >= 15 is 0 Å². The number of Topliss-reactive ketones (excluding diaryl/α,β-unsaturated/α-hetero) is 2. The van der Waals surface area contributed by atoms with Crippen LogP contribution >= 0.6 is 0 Å². The van der Waals surface area contributed by atoms with E-state index in [1.165, 1.54) is 7.11 Å². The second-order valence-corrected chi connectivity index (χ2v) is 9.50. The third-order valence-corrected chi connectivity index (χ3v) is 8.53. The summed E-state index contributed by atoms with van der Waals surface area (Å²) in [7, 11) is -0.160. The molecule has 5 heteroatoms. The molecule has 0 aromatic heterocycles. The molecule has 1 fully saturated rings. The van der Waals surface area contributed by atoms with Crippen LogP contribution in [0.5, 0.6) is 5.75 Å². The first-order valence-electron chi connectivity index (χ1n) is 9.43. The van der Waals surface area contributed by atoms with Gasteiger partial charge in [0.15, 0.2) is 11.6 Å². The normalized spacial score (nSPS) is 30.9. The molecule has 28 heavy (non-hydrogen) atoms. The van der Waals surface area contributed by atoms with Crippen molar-refractivity contribution in [2.45, 2.75) is 23.0 Å². The molecule has 3 aliphatic rings. The number of fused-ring (bicyclic) bond motifs is 6. The largest absolute Gasteiger partial charge is 0.496 e. The summed E-state index contributed by atoms with van der Waals surface area (Å²) in [6, 6.07) is 12.5. The maximum atomic E-state index is 14.0. The highest BCUT2D eigenvalue weighted by atomic mass is 32.2. The Bertz CT molecular complexity index is 1070. The van der Waals surface area contributed by atoms with Gasteiger partial charge in [0.05, 0.1) is 29.4 Å². The minimum Gasteiger partial charge on any atom is -0.496 e. The molecule has 0 heterocycles. The first-order valence-corrected chi connectivity index (χ1v) is 10.6. The van der Waals surface area contributed by atoms with Gasteiger partial charge >= 0.3 is 0 Å². The Balaban J connectivity index is 1.77. The van der Waals surface area contributed by atoms with Gasteiger partial charge in [0, 0.05) is 16.4 Å². The second kappa shape index (κ2) is 5.98. The number of carbonyl (C=O) groups is 2. The molecule has 5 rings (SSSR count). The Labute approximate surface area is 166 Å². The molecule has 0 N–H and O–H groups in total. The first kappa shape index (κ1) is 17.6. The van der Waals surface area contributed by atoms with Crippen LogP contribution in [0.3, 0.4) is 0 Å². The Morgan fingerprint density at radius 1 is 1.07 bits per heavy atom. The molecule has 1 unspecified atom stereocenters. The molecule has 0 amide bonds. The van der Waals surface area contributed by atoms with Gasteiger partial charge in [0.25, 0.3) is 0 Å². The molecule has 2 aromatic rings. The molecule has 142 valence electrons. The molecule has 4 nitrogen and oxygen atoms in total. The third-order valence-electron chi connectivity index (χ3n) is 6.48. The average molecular weight is 392 g/mol. The minimum absolute atomic E-state index is 0.0461. The van der Waals surface area contributed by atoms with Gasteiger partial charge in [0.1, 0.15) is 10.5 Å². The van der Waals surface area contributed by atoms with E-state index in [0.717, 1.165) is 5.56 Å². The summed E-state index contributed by atoms with van der Waals surface area (Å²) in [6.07, 6.45) is 4.70. The SMILES string of the molecule is COc1cccc2c1C(=O)[C@]1(S(=O)c3ccc(C)cc3)[C@H](C2=O)[C@@H]2C=C[C@H]1C2. The smallest absolute Gasteiger partial charge is 0.187 e. The number of hydrogen-bond acceptors (Lipinski definition) is 4. The van der Waals surface area contributed by atoms with Crippen LogP contribution in [0, 0.1) is 24.7 Å². The zero-order valence-corrected chi connectivity index (χ0v) is 16.5. The molecule has 0 spiro atoms. The zero-order chi connectivity index (χ0) is 19.6. The number of ether oxygens (including phenoxy) is 1. The van der Waals surface area contributed by atoms with Crippen molar-refractivity contribution in [3.05, 3.63) is 71.3 Å². The highest BCUT2D eigenvalue weighted by Crippen LogP contribution is 2.59. The predicted molar refractivity (Wildman–Crippen MR) is 106 cm³/mol. The van der Waals surface area contributed by atoms with E-state index in [9.17, 15) is 13.8 Å². The van der Waals surface area contributed by atoms with E-state index in [-0.39, 0.29) is 29.0 Å². The van der Waals surface area contributed by atoms with E-state index in [1.54, 1.807) is 18.2 Å². The molecule has 5 atom stereocenters. The van der Waals surface area contributed by atoms with Gasteiger partial charge in [-0.25, -0.2) is 0 Å². The van der Waals surface area contributed by atoms with Crippen molar-refractivity contribution in [3.63, 3.8) is 0 Å². The monoisotopic (exact) mass is 392 g/mol. The minimum atomic E-state index is -1.65. The number of rotatable bonds is 3. The van der Waals surface area contributed by atoms with Crippen molar-refractivity contribution in [1.82, 2.24) is 0 Å². The van der Waals surface area contributed by atoms with Crippen LogP contribution in [0.15, 0.2) is 59.5 Å². The van der Waals surface area contributed by atoms with Gasteiger partial charge in [-0.3, -0.25) is 13.8 Å². The Hall–Kier alpha value is -2.53. The lowest BCUT2D eigenvalue weighted by atomic mass is 9.68. The van der Waals surface area contributed by atoms with Gasteiger partial charge in [0.2, 0.25) is 0 Å². The molecule has 0 radical (unpaired) electrons. The van der Waals surface area contributed by atoms with Crippen LogP contribution in [0.1, 0.15) is 32.7 Å². The molecule has 2 aromatic carbocycles. The van der Waals surface area contributed by atoms with Crippen molar-refractivity contribution in [3.8, 4) is 5.75 Å². The summed E-state index contributed by atoms with van der Waals surface area (Å²) in [4.78, 5) is 28.1. The van der Waals surface area contributed by atoms with E-state index in [0.29, 0.717) is 22.6 Å². The average Bonchev–Trinajstić information content (AvgIpc) is 3.32. The van der Waals surface area contributed by atoms with Crippen LogP contribution in [-0.2, 0) is 10.8 Å². The van der Waals surface area contributed by atoms with Crippen molar-refractivity contribution in [2.24, 2.45) is 17.8 Å². The number of carbonyl (C=O) groups excluding carboxylic acids is 2. The summed E-state index contributed by atoms with van der Waals surface area (Å²) in [5, 5.41) is 0. The molecule has 0 aliphatic heterocycles. The molecule has 3 aliphatic carbocycles. The van der Waals surface area contributed by atoms with Crippen LogP contribution in [-0.4, -0.2) is 27.6 Å². The first-order chi connectivity index (χ1) is 13.5. The van der Waals surface area contributed by atoms with E-state index < -0.39 is 21.5 Å². The highest BCUT2D eigenvalue weighted by molar-refractivity contribution is 7.87. The van der Waals surface area contributed by atoms with Crippen molar-refractivity contribution in [2.75, 3.05) is 7.11 Å². The van der Waals surface area contributed by atoms with Gasteiger partial charge in [-0.2, -0.15) is 0 Å². The number of aryl methyl sites for hydroxylation is 1. The van der Waals surface area contributed by atoms with Gasteiger partial charge in [-0.15, -0.1) is 0 Å². The fraction of sp³-hybridized carbons (Fsp3) is 0.304. The second-order valence-electron chi connectivity index (χ2n) is 7.82. The Morgan fingerprint density at radius 2 is 1.82 bits per heavy atom. The Morgan fingerprint density at radius 3 is 2.54 bits per heavy atom. The van der Waals surface area contributed by atoms with Crippen LogP contribution < -0.4 is 4.74 Å². The van der Waals surface area contributed by atoms with Gasteiger partial charge in [-0.1, -0.05) is 42.0 Å². The zero-order valence-electron chi connectivity index (χ0n) is 15.7. The predicted octanol–water partition coefficient (Wildman–Crippen LogP) is 3.75. The van der Waals surface area contributed by atoms with E-state index in [4.69, 9.17) is 4.74 Å². The fourth-order valence-electron chi connectivity index (χ4n) is 5.24. The van der Waals surface area contributed by atoms with Gasteiger partial charge < -0.3 is 4.74 Å². The number of benzene rings is 2. The molecule has 1 saturated carbocycles. The topological polar surface area (TPSA) is 60.4 Å².